The summed E-state index contributed by atoms with van der Waals surface area (Å²) in [6.07, 6.45) is 4.91. The molecule has 1 aromatic heterocycles. The van der Waals surface area contributed by atoms with Crippen LogP contribution in [-0.4, -0.2) is 25.0 Å². The third-order valence-corrected chi connectivity index (χ3v) is 3.52. The van der Waals surface area contributed by atoms with E-state index in [0.717, 1.165) is 25.1 Å². The van der Waals surface area contributed by atoms with E-state index in [2.05, 4.69) is 24.5 Å². The Hall–Kier alpha value is -1.29. The number of carbonyl (C=O) groups excluding carboxylic acids is 1. The third kappa shape index (κ3) is 3.13. The van der Waals surface area contributed by atoms with Crippen LogP contribution in [0.4, 0.5) is 0 Å². The fourth-order valence-electron chi connectivity index (χ4n) is 2.26. The van der Waals surface area contributed by atoms with Crippen molar-refractivity contribution in [2.45, 2.75) is 44.6 Å². The van der Waals surface area contributed by atoms with Gasteiger partial charge in [-0.2, -0.15) is 0 Å². The van der Waals surface area contributed by atoms with Gasteiger partial charge in [0, 0.05) is 12.0 Å². The SMILES string of the molecule is CC(C)(CNC(=O)C1CCCCN1)c1ccco1. The van der Waals surface area contributed by atoms with Crippen molar-refractivity contribution in [3.05, 3.63) is 24.2 Å². The maximum atomic E-state index is 12.0. The largest absolute Gasteiger partial charge is 0.469 e. The Balaban J connectivity index is 1.85. The number of amides is 1. The molecule has 2 heterocycles. The summed E-state index contributed by atoms with van der Waals surface area (Å²) in [5, 5.41) is 6.27. The summed E-state index contributed by atoms with van der Waals surface area (Å²) in [7, 11) is 0. The van der Waals surface area contributed by atoms with E-state index in [9.17, 15) is 4.79 Å². The lowest BCUT2D eigenvalue weighted by Gasteiger charge is -2.26. The van der Waals surface area contributed by atoms with Gasteiger partial charge in [-0.15, -0.1) is 0 Å². The smallest absolute Gasteiger partial charge is 0.237 e. The van der Waals surface area contributed by atoms with Crippen LogP contribution in [0, 0.1) is 0 Å². The Labute approximate surface area is 108 Å². The van der Waals surface area contributed by atoms with E-state index in [1.165, 1.54) is 6.42 Å². The van der Waals surface area contributed by atoms with Crippen LogP contribution in [0.5, 0.6) is 0 Å². The molecule has 1 amide bonds. The summed E-state index contributed by atoms with van der Waals surface area (Å²) in [6, 6.07) is 3.80. The molecule has 1 unspecified atom stereocenters. The molecule has 0 radical (unpaired) electrons. The Morgan fingerprint density at radius 3 is 3.00 bits per heavy atom. The van der Waals surface area contributed by atoms with Crippen LogP contribution in [-0.2, 0) is 10.2 Å². The highest BCUT2D eigenvalue weighted by Gasteiger charge is 2.26. The molecular formula is C14H22N2O2. The first-order valence-corrected chi connectivity index (χ1v) is 6.65. The minimum atomic E-state index is -0.173. The molecular weight excluding hydrogens is 228 g/mol. The van der Waals surface area contributed by atoms with Crippen molar-refractivity contribution in [3.63, 3.8) is 0 Å². The zero-order chi connectivity index (χ0) is 13.0. The van der Waals surface area contributed by atoms with Crippen molar-refractivity contribution in [2.24, 2.45) is 0 Å². The Morgan fingerprint density at radius 2 is 2.39 bits per heavy atom. The van der Waals surface area contributed by atoms with E-state index >= 15 is 0 Å². The predicted molar refractivity (Wildman–Crippen MR) is 70.4 cm³/mol. The fourth-order valence-corrected chi connectivity index (χ4v) is 2.26. The van der Waals surface area contributed by atoms with Crippen molar-refractivity contribution in [3.8, 4) is 0 Å². The number of hydrogen-bond acceptors (Lipinski definition) is 3. The molecule has 1 aliphatic rings. The van der Waals surface area contributed by atoms with Gasteiger partial charge in [0.05, 0.1) is 12.3 Å². The van der Waals surface area contributed by atoms with Crippen LogP contribution in [0.25, 0.3) is 0 Å². The zero-order valence-electron chi connectivity index (χ0n) is 11.2. The Bertz CT molecular complexity index is 379. The van der Waals surface area contributed by atoms with Crippen LogP contribution >= 0.6 is 0 Å². The second-order valence-corrected chi connectivity index (χ2v) is 5.58. The number of rotatable bonds is 4. The van der Waals surface area contributed by atoms with E-state index in [1.807, 2.05) is 12.1 Å². The van der Waals surface area contributed by atoms with Crippen molar-refractivity contribution in [1.82, 2.24) is 10.6 Å². The first kappa shape index (κ1) is 13.1. The normalized spacial score (nSPS) is 20.7. The molecule has 0 aliphatic carbocycles. The van der Waals surface area contributed by atoms with Crippen molar-refractivity contribution in [2.75, 3.05) is 13.1 Å². The fraction of sp³-hybridized carbons (Fsp3) is 0.643. The Kier molecular flexibility index (Phi) is 4.07. The average Bonchev–Trinajstić information content (AvgIpc) is 2.92. The van der Waals surface area contributed by atoms with Crippen molar-refractivity contribution >= 4 is 5.91 Å². The molecule has 18 heavy (non-hydrogen) atoms. The molecule has 100 valence electrons. The summed E-state index contributed by atoms with van der Waals surface area (Å²) in [5.41, 5.74) is -0.173. The topological polar surface area (TPSA) is 54.3 Å². The van der Waals surface area contributed by atoms with E-state index in [-0.39, 0.29) is 17.4 Å². The molecule has 1 saturated heterocycles. The zero-order valence-corrected chi connectivity index (χ0v) is 11.2. The quantitative estimate of drug-likeness (QED) is 0.857. The lowest BCUT2D eigenvalue weighted by molar-refractivity contribution is -0.123. The minimum Gasteiger partial charge on any atom is -0.469 e. The van der Waals surface area contributed by atoms with Crippen molar-refractivity contribution in [1.29, 1.82) is 0 Å². The minimum absolute atomic E-state index is 0.0221. The molecule has 0 spiro atoms. The van der Waals surface area contributed by atoms with Gasteiger partial charge in [0.1, 0.15) is 5.76 Å². The number of piperidine rings is 1. The standard InChI is InChI=1S/C14H22N2O2/c1-14(2,12-7-5-9-18-12)10-16-13(17)11-6-3-4-8-15-11/h5,7,9,11,15H,3-4,6,8,10H2,1-2H3,(H,16,17). The van der Waals surface area contributed by atoms with Crippen LogP contribution in [0.3, 0.4) is 0 Å². The molecule has 0 aromatic carbocycles. The number of nitrogens with one attached hydrogen (secondary N) is 2. The monoisotopic (exact) mass is 250 g/mol. The van der Waals surface area contributed by atoms with Gasteiger partial charge in [0.25, 0.3) is 0 Å². The molecule has 1 aromatic rings. The summed E-state index contributed by atoms with van der Waals surface area (Å²) in [6.45, 7) is 5.68. The van der Waals surface area contributed by atoms with E-state index in [4.69, 9.17) is 4.42 Å². The lowest BCUT2D eigenvalue weighted by Crippen LogP contribution is -2.49. The lowest BCUT2D eigenvalue weighted by atomic mass is 9.90. The van der Waals surface area contributed by atoms with E-state index in [1.54, 1.807) is 6.26 Å². The van der Waals surface area contributed by atoms with Gasteiger partial charge in [-0.1, -0.05) is 20.3 Å². The number of furan rings is 1. The van der Waals surface area contributed by atoms with Gasteiger partial charge >= 0.3 is 0 Å². The summed E-state index contributed by atoms with van der Waals surface area (Å²) < 4.78 is 5.41. The molecule has 0 bridgehead atoms. The van der Waals surface area contributed by atoms with E-state index in [0.29, 0.717) is 6.54 Å². The highest BCUT2D eigenvalue weighted by atomic mass is 16.3. The van der Waals surface area contributed by atoms with Crippen LogP contribution < -0.4 is 10.6 Å². The van der Waals surface area contributed by atoms with Crippen LogP contribution in [0.1, 0.15) is 38.9 Å². The maximum Gasteiger partial charge on any atom is 0.237 e. The van der Waals surface area contributed by atoms with Crippen LogP contribution in [0.2, 0.25) is 0 Å². The van der Waals surface area contributed by atoms with Gasteiger partial charge in [-0.25, -0.2) is 0 Å². The maximum absolute atomic E-state index is 12.0. The van der Waals surface area contributed by atoms with E-state index < -0.39 is 0 Å². The number of hydrogen-bond donors (Lipinski definition) is 2. The summed E-state index contributed by atoms with van der Waals surface area (Å²) in [5.74, 6) is 1.01. The van der Waals surface area contributed by atoms with Gasteiger partial charge in [0.15, 0.2) is 0 Å². The molecule has 4 heteroatoms. The second kappa shape index (κ2) is 5.57. The molecule has 0 saturated carbocycles. The summed E-state index contributed by atoms with van der Waals surface area (Å²) >= 11 is 0. The van der Waals surface area contributed by atoms with Crippen LogP contribution in [0.15, 0.2) is 22.8 Å². The second-order valence-electron chi connectivity index (χ2n) is 5.58. The molecule has 1 atom stereocenters. The highest BCUT2D eigenvalue weighted by Crippen LogP contribution is 2.22. The highest BCUT2D eigenvalue weighted by molar-refractivity contribution is 5.81. The molecule has 1 aliphatic heterocycles. The summed E-state index contributed by atoms with van der Waals surface area (Å²) in [4.78, 5) is 12.0. The predicted octanol–water partition coefficient (Wildman–Crippen LogP) is 1.82. The van der Waals surface area contributed by atoms with Gasteiger partial charge in [-0.05, 0) is 31.5 Å². The average molecular weight is 250 g/mol. The first-order valence-electron chi connectivity index (χ1n) is 6.65. The molecule has 2 N–H and O–H groups in total. The van der Waals surface area contributed by atoms with Gasteiger partial charge in [-0.3, -0.25) is 4.79 Å². The molecule has 1 fully saturated rings. The molecule has 4 nitrogen and oxygen atoms in total. The molecule has 2 rings (SSSR count). The first-order chi connectivity index (χ1) is 8.59. The Morgan fingerprint density at radius 1 is 1.56 bits per heavy atom. The van der Waals surface area contributed by atoms with Gasteiger partial charge < -0.3 is 15.1 Å². The van der Waals surface area contributed by atoms with Gasteiger partial charge in [0.2, 0.25) is 5.91 Å². The third-order valence-electron chi connectivity index (χ3n) is 3.52. The number of carbonyl (C=O) groups is 1. The van der Waals surface area contributed by atoms with Crippen molar-refractivity contribution < 1.29 is 9.21 Å².